The van der Waals surface area contributed by atoms with Crippen LogP contribution in [0.1, 0.15) is 24.2 Å². The van der Waals surface area contributed by atoms with E-state index >= 15 is 0 Å². The molecule has 94 valence electrons. The van der Waals surface area contributed by atoms with E-state index in [2.05, 4.69) is 18.0 Å². The molecule has 0 N–H and O–H groups in total. The number of ether oxygens (including phenoxy) is 1. The summed E-state index contributed by atoms with van der Waals surface area (Å²) in [5, 5.41) is 0. The van der Waals surface area contributed by atoms with E-state index in [9.17, 15) is 4.79 Å². The largest absolute Gasteiger partial charge is 0.468 e. The van der Waals surface area contributed by atoms with Crippen LogP contribution >= 0.6 is 0 Å². The van der Waals surface area contributed by atoms with Crippen LogP contribution in [0.5, 0.6) is 0 Å². The van der Waals surface area contributed by atoms with Crippen LogP contribution in [-0.2, 0) is 22.0 Å². The van der Waals surface area contributed by atoms with Crippen molar-refractivity contribution in [1.82, 2.24) is 9.55 Å². The zero-order valence-corrected chi connectivity index (χ0v) is 10.9. The fraction of sp³-hybridized carbons (Fsp3) is 0.429. The summed E-state index contributed by atoms with van der Waals surface area (Å²) in [5.41, 5.74) is 2.72. The van der Waals surface area contributed by atoms with E-state index in [0.717, 1.165) is 29.7 Å². The van der Waals surface area contributed by atoms with Gasteiger partial charge in [0.1, 0.15) is 11.2 Å². The van der Waals surface area contributed by atoms with Gasteiger partial charge in [0.05, 0.1) is 18.1 Å². The zero-order chi connectivity index (χ0) is 12.9. The first-order valence-electron chi connectivity index (χ1n) is 6.11. The van der Waals surface area contributed by atoms with Crippen LogP contribution in [0.3, 0.4) is 0 Å². The van der Waals surface area contributed by atoms with E-state index < -0.39 is 5.41 Å². The number of carbonyl (C=O) groups is 1. The van der Waals surface area contributed by atoms with Gasteiger partial charge in [-0.15, -0.1) is 0 Å². The fourth-order valence-electron chi connectivity index (χ4n) is 2.73. The Kier molecular flexibility index (Phi) is 2.24. The molecule has 1 aliphatic carbocycles. The van der Waals surface area contributed by atoms with Gasteiger partial charge in [0.15, 0.2) is 0 Å². The minimum atomic E-state index is -0.505. The molecule has 4 heteroatoms. The second kappa shape index (κ2) is 3.57. The lowest BCUT2D eigenvalue weighted by molar-refractivity contribution is -0.143. The van der Waals surface area contributed by atoms with Crippen molar-refractivity contribution in [3.8, 4) is 0 Å². The average Bonchev–Trinajstić information content (AvgIpc) is 3.09. The summed E-state index contributed by atoms with van der Waals surface area (Å²) in [5.74, 6) is 0.664. The van der Waals surface area contributed by atoms with Crippen LogP contribution in [0.2, 0.25) is 0 Å². The van der Waals surface area contributed by atoms with Crippen molar-refractivity contribution in [3.05, 3.63) is 29.6 Å². The molecule has 0 aliphatic heterocycles. The summed E-state index contributed by atoms with van der Waals surface area (Å²) in [6.45, 7) is 2.06. The molecule has 0 amide bonds. The van der Waals surface area contributed by atoms with Crippen LogP contribution in [0.25, 0.3) is 11.0 Å². The highest BCUT2D eigenvalue weighted by Crippen LogP contribution is 2.49. The molecular weight excluding hydrogens is 228 g/mol. The summed E-state index contributed by atoms with van der Waals surface area (Å²) >= 11 is 0. The molecule has 1 aliphatic rings. The molecule has 18 heavy (non-hydrogen) atoms. The lowest BCUT2D eigenvalue weighted by atomic mass is 10.1. The molecule has 0 atom stereocenters. The van der Waals surface area contributed by atoms with Crippen molar-refractivity contribution < 1.29 is 9.53 Å². The third-order valence-corrected chi connectivity index (χ3v) is 3.85. The number of aromatic nitrogens is 2. The van der Waals surface area contributed by atoms with E-state index in [0.29, 0.717) is 0 Å². The number of nitrogens with zero attached hydrogens (tertiary/aromatic N) is 2. The number of para-hydroxylation sites is 1. The molecule has 1 saturated carbocycles. The Bertz CT molecular complexity index is 639. The Morgan fingerprint density at radius 3 is 2.72 bits per heavy atom. The number of fused-ring (bicyclic) bond motifs is 1. The molecule has 1 heterocycles. The van der Waals surface area contributed by atoms with Crippen molar-refractivity contribution in [2.75, 3.05) is 7.11 Å². The van der Waals surface area contributed by atoms with Gasteiger partial charge >= 0.3 is 5.97 Å². The monoisotopic (exact) mass is 244 g/mol. The molecule has 0 saturated heterocycles. The predicted molar refractivity (Wildman–Crippen MR) is 68.4 cm³/mol. The van der Waals surface area contributed by atoms with Crippen molar-refractivity contribution in [2.45, 2.75) is 25.2 Å². The van der Waals surface area contributed by atoms with Gasteiger partial charge in [-0.3, -0.25) is 4.79 Å². The fourth-order valence-corrected chi connectivity index (χ4v) is 2.73. The molecular formula is C14H16N2O2. The second-order valence-corrected chi connectivity index (χ2v) is 5.01. The van der Waals surface area contributed by atoms with E-state index in [1.54, 1.807) is 0 Å². The number of esters is 1. The van der Waals surface area contributed by atoms with Crippen LogP contribution < -0.4 is 0 Å². The number of benzene rings is 1. The lowest BCUT2D eigenvalue weighted by Gasteiger charge is -2.12. The van der Waals surface area contributed by atoms with E-state index in [1.165, 1.54) is 12.7 Å². The molecule has 0 bridgehead atoms. The van der Waals surface area contributed by atoms with E-state index in [4.69, 9.17) is 4.74 Å². The first-order chi connectivity index (χ1) is 8.60. The standard InChI is InChI=1S/C14H16N2O2/c1-9-5-4-6-10-11(9)16(2)12(15-10)14(7-8-14)13(17)18-3/h4-6H,7-8H2,1-3H3. The molecule has 3 rings (SSSR count). The number of hydrogen-bond donors (Lipinski definition) is 0. The van der Waals surface area contributed by atoms with Gasteiger partial charge in [-0.05, 0) is 31.4 Å². The highest BCUT2D eigenvalue weighted by atomic mass is 16.5. The van der Waals surface area contributed by atoms with Gasteiger partial charge in [-0.2, -0.15) is 0 Å². The number of imidazole rings is 1. The van der Waals surface area contributed by atoms with Gasteiger partial charge in [0.25, 0.3) is 0 Å². The van der Waals surface area contributed by atoms with Crippen LogP contribution in [-0.4, -0.2) is 22.6 Å². The Labute approximate surface area is 106 Å². The minimum Gasteiger partial charge on any atom is -0.468 e. The average molecular weight is 244 g/mol. The number of aryl methyl sites for hydroxylation is 2. The summed E-state index contributed by atoms with van der Waals surface area (Å²) < 4.78 is 6.96. The maximum absolute atomic E-state index is 11.9. The molecule has 1 aromatic carbocycles. The van der Waals surface area contributed by atoms with Crippen molar-refractivity contribution in [3.63, 3.8) is 0 Å². The SMILES string of the molecule is COC(=O)C1(c2nc3cccc(C)c3n2C)CC1. The summed E-state index contributed by atoms with van der Waals surface area (Å²) in [6.07, 6.45) is 1.66. The summed E-state index contributed by atoms with van der Waals surface area (Å²) in [7, 11) is 3.41. The Morgan fingerprint density at radius 2 is 2.17 bits per heavy atom. The van der Waals surface area contributed by atoms with E-state index in [-0.39, 0.29) is 5.97 Å². The normalized spacial score (nSPS) is 16.8. The minimum absolute atomic E-state index is 0.168. The maximum atomic E-state index is 11.9. The molecule has 0 spiro atoms. The third kappa shape index (κ3) is 1.32. The number of methoxy groups -OCH3 is 1. The van der Waals surface area contributed by atoms with Gasteiger partial charge < -0.3 is 9.30 Å². The van der Waals surface area contributed by atoms with Crippen molar-refractivity contribution >= 4 is 17.0 Å². The Hall–Kier alpha value is -1.84. The van der Waals surface area contributed by atoms with Crippen molar-refractivity contribution in [2.24, 2.45) is 7.05 Å². The van der Waals surface area contributed by atoms with Gasteiger partial charge in [-0.1, -0.05) is 12.1 Å². The molecule has 4 nitrogen and oxygen atoms in total. The smallest absolute Gasteiger partial charge is 0.319 e. The zero-order valence-electron chi connectivity index (χ0n) is 10.9. The topological polar surface area (TPSA) is 44.1 Å². The van der Waals surface area contributed by atoms with Crippen LogP contribution in [0.4, 0.5) is 0 Å². The second-order valence-electron chi connectivity index (χ2n) is 5.01. The summed E-state index contributed by atoms with van der Waals surface area (Å²) in [6, 6.07) is 6.04. The maximum Gasteiger partial charge on any atom is 0.319 e. The van der Waals surface area contributed by atoms with Crippen LogP contribution in [0.15, 0.2) is 18.2 Å². The quantitative estimate of drug-likeness (QED) is 0.760. The van der Waals surface area contributed by atoms with Gasteiger partial charge in [0, 0.05) is 7.05 Å². The molecule has 0 unspecified atom stereocenters. The van der Waals surface area contributed by atoms with Gasteiger partial charge in [-0.25, -0.2) is 4.98 Å². The van der Waals surface area contributed by atoms with E-state index in [1.807, 2.05) is 23.7 Å². The van der Waals surface area contributed by atoms with Crippen LogP contribution in [0, 0.1) is 6.92 Å². The molecule has 1 aromatic heterocycles. The predicted octanol–water partition coefficient (Wildman–Crippen LogP) is 2.09. The first-order valence-corrected chi connectivity index (χ1v) is 6.11. The highest BCUT2D eigenvalue weighted by Gasteiger charge is 2.56. The molecule has 2 aromatic rings. The lowest BCUT2D eigenvalue weighted by Crippen LogP contribution is -2.25. The first kappa shape index (κ1) is 11.3. The Morgan fingerprint density at radius 1 is 1.44 bits per heavy atom. The summed E-state index contributed by atoms with van der Waals surface area (Å²) in [4.78, 5) is 16.6. The van der Waals surface area contributed by atoms with Crippen molar-refractivity contribution in [1.29, 1.82) is 0 Å². The number of rotatable bonds is 2. The molecule has 1 fully saturated rings. The highest BCUT2D eigenvalue weighted by molar-refractivity contribution is 5.88. The number of carbonyl (C=O) groups excluding carboxylic acids is 1. The Balaban J connectivity index is 2.23. The van der Waals surface area contributed by atoms with Gasteiger partial charge in [0.2, 0.25) is 0 Å². The number of hydrogen-bond acceptors (Lipinski definition) is 3. The molecule has 0 radical (unpaired) electrons. The third-order valence-electron chi connectivity index (χ3n) is 3.85.